The zero-order valence-electron chi connectivity index (χ0n) is 12.6. The van der Waals surface area contributed by atoms with E-state index in [9.17, 15) is 0 Å². The molecule has 21 heavy (non-hydrogen) atoms. The lowest BCUT2D eigenvalue weighted by atomic mass is 10.2. The minimum atomic E-state index is 0.140. The molecule has 7 heteroatoms. The molecule has 6 nitrogen and oxygen atoms in total. The second-order valence-corrected chi connectivity index (χ2v) is 5.88. The Bertz CT molecular complexity index is 491. The lowest BCUT2D eigenvalue weighted by Crippen LogP contribution is -2.48. The Morgan fingerprint density at radius 2 is 2.14 bits per heavy atom. The van der Waals surface area contributed by atoms with E-state index in [4.69, 9.17) is 10.2 Å². The van der Waals surface area contributed by atoms with Gasteiger partial charge in [-0.15, -0.1) is 0 Å². The van der Waals surface area contributed by atoms with Crippen molar-refractivity contribution in [2.75, 3.05) is 26.2 Å². The van der Waals surface area contributed by atoms with Crippen LogP contribution in [0.5, 0.6) is 0 Å². The lowest BCUT2D eigenvalue weighted by molar-refractivity contribution is 0.0990. The van der Waals surface area contributed by atoms with Gasteiger partial charge in [-0.05, 0) is 38.2 Å². The van der Waals surface area contributed by atoms with Crippen LogP contribution in [-0.2, 0) is 6.54 Å². The molecule has 1 aliphatic rings. The third kappa shape index (κ3) is 5.11. The van der Waals surface area contributed by atoms with Crippen molar-refractivity contribution in [2.45, 2.75) is 26.4 Å². The van der Waals surface area contributed by atoms with Crippen molar-refractivity contribution in [3.05, 3.63) is 23.7 Å². The number of thiocarbonyl (C=S) groups is 1. The average Bonchev–Trinajstić information content (AvgIpc) is 2.86. The third-order valence-corrected chi connectivity index (χ3v) is 3.66. The number of piperazine rings is 1. The monoisotopic (exact) mass is 309 g/mol. The van der Waals surface area contributed by atoms with E-state index in [1.807, 2.05) is 12.1 Å². The highest BCUT2D eigenvalue weighted by molar-refractivity contribution is 7.80. The number of hydrazone groups is 1. The van der Waals surface area contributed by atoms with E-state index in [0.717, 1.165) is 38.5 Å². The van der Waals surface area contributed by atoms with Crippen LogP contribution in [0.4, 0.5) is 0 Å². The van der Waals surface area contributed by atoms with E-state index >= 15 is 0 Å². The Morgan fingerprint density at radius 3 is 2.76 bits per heavy atom. The normalized spacial score (nSPS) is 17.7. The zero-order chi connectivity index (χ0) is 15.2. The standard InChI is InChI=1S/C14H23N5OS/c1-11(2)19-7-5-18(6-8-19)10-13-4-3-12(20-13)9-16-17-14(15)21/h3-4,9,11H,5-8,10H2,1-2H3,(H3,15,17,21). The number of rotatable bonds is 5. The Balaban J connectivity index is 1.80. The van der Waals surface area contributed by atoms with E-state index in [0.29, 0.717) is 11.8 Å². The van der Waals surface area contributed by atoms with Crippen LogP contribution in [0, 0.1) is 0 Å². The van der Waals surface area contributed by atoms with Crippen molar-refractivity contribution in [3.8, 4) is 0 Å². The molecule has 1 fully saturated rings. The number of nitrogens with one attached hydrogen (secondary N) is 1. The third-order valence-electron chi connectivity index (χ3n) is 3.57. The van der Waals surface area contributed by atoms with Crippen molar-refractivity contribution in [3.63, 3.8) is 0 Å². The maximum Gasteiger partial charge on any atom is 0.184 e. The first-order chi connectivity index (χ1) is 10.0. The molecule has 0 amide bonds. The molecular weight excluding hydrogens is 286 g/mol. The molecule has 1 aliphatic heterocycles. The fraction of sp³-hybridized carbons (Fsp3) is 0.571. The molecule has 0 bridgehead atoms. The van der Waals surface area contributed by atoms with Crippen molar-refractivity contribution in [2.24, 2.45) is 10.8 Å². The summed E-state index contributed by atoms with van der Waals surface area (Å²) in [5, 5.41) is 4.02. The smallest absolute Gasteiger partial charge is 0.184 e. The van der Waals surface area contributed by atoms with Crippen LogP contribution < -0.4 is 11.2 Å². The molecule has 0 atom stereocenters. The second kappa shape index (κ2) is 7.53. The summed E-state index contributed by atoms with van der Waals surface area (Å²) in [6.07, 6.45) is 1.57. The van der Waals surface area contributed by atoms with Gasteiger partial charge in [-0.3, -0.25) is 15.2 Å². The fourth-order valence-electron chi connectivity index (χ4n) is 2.37. The minimum Gasteiger partial charge on any atom is -0.459 e. The van der Waals surface area contributed by atoms with Gasteiger partial charge in [0.15, 0.2) is 5.11 Å². The van der Waals surface area contributed by atoms with Crippen LogP contribution in [0.15, 0.2) is 21.7 Å². The van der Waals surface area contributed by atoms with Crippen molar-refractivity contribution < 1.29 is 4.42 Å². The second-order valence-electron chi connectivity index (χ2n) is 5.44. The molecular formula is C14H23N5OS. The van der Waals surface area contributed by atoms with Crippen LogP contribution in [0.3, 0.4) is 0 Å². The first-order valence-corrected chi connectivity index (χ1v) is 7.59. The van der Waals surface area contributed by atoms with Gasteiger partial charge in [0.25, 0.3) is 0 Å². The number of hydrogen-bond acceptors (Lipinski definition) is 5. The first-order valence-electron chi connectivity index (χ1n) is 7.18. The Hall–Kier alpha value is -1.44. The predicted molar refractivity (Wildman–Crippen MR) is 88.2 cm³/mol. The van der Waals surface area contributed by atoms with Crippen molar-refractivity contribution >= 4 is 23.5 Å². The first kappa shape index (κ1) is 15.9. The Labute approximate surface area is 131 Å². The number of nitrogens with zero attached hydrogens (tertiary/aromatic N) is 3. The summed E-state index contributed by atoms with van der Waals surface area (Å²) >= 11 is 4.66. The minimum absolute atomic E-state index is 0.140. The van der Waals surface area contributed by atoms with Crippen molar-refractivity contribution in [1.82, 2.24) is 15.2 Å². The van der Waals surface area contributed by atoms with Gasteiger partial charge in [0, 0.05) is 32.2 Å². The van der Waals surface area contributed by atoms with Crippen LogP contribution >= 0.6 is 12.2 Å². The van der Waals surface area contributed by atoms with Gasteiger partial charge in [-0.25, -0.2) is 0 Å². The quantitative estimate of drug-likeness (QED) is 0.480. The Morgan fingerprint density at radius 1 is 1.43 bits per heavy atom. The topological polar surface area (TPSA) is 70.0 Å². The highest BCUT2D eigenvalue weighted by Gasteiger charge is 2.19. The van der Waals surface area contributed by atoms with Gasteiger partial charge >= 0.3 is 0 Å². The SMILES string of the molecule is CC(C)N1CCN(Cc2ccc(C=NNC(N)=S)o2)CC1. The van der Waals surface area contributed by atoms with Gasteiger partial charge in [0.1, 0.15) is 11.5 Å². The van der Waals surface area contributed by atoms with Crippen LogP contribution in [0.25, 0.3) is 0 Å². The van der Waals surface area contributed by atoms with Crippen LogP contribution in [-0.4, -0.2) is 53.3 Å². The summed E-state index contributed by atoms with van der Waals surface area (Å²) < 4.78 is 5.71. The van der Waals surface area contributed by atoms with E-state index in [1.165, 1.54) is 0 Å². The highest BCUT2D eigenvalue weighted by Crippen LogP contribution is 2.12. The predicted octanol–water partition coefficient (Wildman–Crippen LogP) is 0.973. The molecule has 2 rings (SSSR count). The summed E-state index contributed by atoms with van der Waals surface area (Å²) in [5.41, 5.74) is 7.79. The van der Waals surface area contributed by atoms with Gasteiger partial charge < -0.3 is 10.2 Å². The van der Waals surface area contributed by atoms with Crippen LogP contribution in [0.1, 0.15) is 25.4 Å². The van der Waals surface area contributed by atoms with E-state index < -0.39 is 0 Å². The molecule has 0 aromatic carbocycles. The largest absolute Gasteiger partial charge is 0.459 e. The van der Waals surface area contributed by atoms with Gasteiger partial charge in [-0.2, -0.15) is 5.10 Å². The molecule has 0 radical (unpaired) electrons. The molecule has 0 unspecified atom stereocenters. The summed E-state index contributed by atoms with van der Waals surface area (Å²) in [4.78, 5) is 4.91. The molecule has 2 heterocycles. The Kier molecular flexibility index (Phi) is 5.72. The zero-order valence-corrected chi connectivity index (χ0v) is 13.4. The maximum atomic E-state index is 5.71. The molecule has 1 saturated heterocycles. The molecule has 0 spiro atoms. The summed E-state index contributed by atoms with van der Waals surface area (Å²) in [5.74, 6) is 1.64. The van der Waals surface area contributed by atoms with E-state index in [2.05, 4.69) is 46.4 Å². The van der Waals surface area contributed by atoms with Gasteiger partial charge in [0.2, 0.25) is 0 Å². The summed E-state index contributed by atoms with van der Waals surface area (Å²) in [6.45, 7) is 9.71. The molecule has 0 aliphatic carbocycles. The molecule has 1 aromatic heterocycles. The molecule has 3 N–H and O–H groups in total. The average molecular weight is 309 g/mol. The molecule has 0 saturated carbocycles. The number of nitrogens with two attached hydrogens (primary N) is 1. The maximum absolute atomic E-state index is 5.71. The number of hydrogen-bond donors (Lipinski definition) is 2. The highest BCUT2D eigenvalue weighted by atomic mass is 32.1. The van der Waals surface area contributed by atoms with E-state index in [-0.39, 0.29) is 5.11 Å². The summed E-state index contributed by atoms with van der Waals surface area (Å²) in [6, 6.07) is 4.50. The molecule has 1 aromatic rings. The molecule has 116 valence electrons. The lowest BCUT2D eigenvalue weighted by Gasteiger charge is -2.36. The van der Waals surface area contributed by atoms with Gasteiger partial charge in [-0.1, -0.05) is 0 Å². The van der Waals surface area contributed by atoms with E-state index in [1.54, 1.807) is 6.21 Å². The fourth-order valence-corrected chi connectivity index (χ4v) is 2.42. The van der Waals surface area contributed by atoms with Crippen molar-refractivity contribution in [1.29, 1.82) is 0 Å². The summed E-state index contributed by atoms with van der Waals surface area (Å²) in [7, 11) is 0. The van der Waals surface area contributed by atoms with Crippen LogP contribution in [0.2, 0.25) is 0 Å². The number of furan rings is 1. The van der Waals surface area contributed by atoms with Gasteiger partial charge in [0.05, 0.1) is 12.8 Å².